The summed E-state index contributed by atoms with van der Waals surface area (Å²) in [5, 5.41) is 9.37. The Morgan fingerprint density at radius 3 is 2.71 bits per heavy atom. The van der Waals surface area contributed by atoms with E-state index in [9.17, 15) is 8.42 Å². The quantitative estimate of drug-likeness (QED) is 0.843. The molecule has 0 saturated heterocycles. The van der Waals surface area contributed by atoms with Crippen LogP contribution in [0, 0.1) is 0 Å². The summed E-state index contributed by atoms with van der Waals surface area (Å²) in [5.74, 6) is 0.284. The summed E-state index contributed by atoms with van der Waals surface area (Å²) in [5.41, 5.74) is 0. The molecular formula is C10H14ClNO4S. The number of hydrogen-bond acceptors (Lipinski definition) is 4. The normalized spacial score (nSPS) is 13.4. The summed E-state index contributed by atoms with van der Waals surface area (Å²) in [7, 11) is -2.25. The van der Waals surface area contributed by atoms with Crippen molar-refractivity contribution in [3.05, 3.63) is 23.2 Å². The number of ether oxygens (including phenoxy) is 1. The van der Waals surface area contributed by atoms with Gasteiger partial charge in [0.05, 0.1) is 23.1 Å². The molecule has 1 rings (SSSR count). The van der Waals surface area contributed by atoms with Crippen LogP contribution in [0.25, 0.3) is 0 Å². The van der Waals surface area contributed by atoms with E-state index in [1.165, 1.54) is 32.2 Å². The van der Waals surface area contributed by atoms with Crippen molar-refractivity contribution in [2.45, 2.75) is 17.9 Å². The molecular weight excluding hydrogens is 266 g/mol. The molecule has 0 amide bonds. The molecule has 0 unspecified atom stereocenters. The van der Waals surface area contributed by atoms with E-state index in [1.807, 2.05) is 0 Å². The van der Waals surface area contributed by atoms with E-state index in [0.29, 0.717) is 5.02 Å². The Labute approximate surface area is 105 Å². The van der Waals surface area contributed by atoms with Crippen LogP contribution in [0.3, 0.4) is 0 Å². The van der Waals surface area contributed by atoms with Gasteiger partial charge in [0.1, 0.15) is 5.75 Å². The average Bonchev–Trinajstić information content (AvgIpc) is 2.27. The lowest BCUT2D eigenvalue weighted by Crippen LogP contribution is -2.30. The number of aliphatic hydroxyl groups excluding tert-OH is 1. The number of sulfonamides is 1. The fourth-order valence-corrected chi connectivity index (χ4v) is 2.45. The number of rotatable bonds is 5. The van der Waals surface area contributed by atoms with Crippen molar-refractivity contribution in [2.75, 3.05) is 13.7 Å². The minimum atomic E-state index is -3.65. The highest BCUT2D eigenvalue weighted by molar-refractivity contribution is 7.89. The van der Waals surface area contributed by atoms with Gasteiger partial charge in [-0.1, -0.05) is 11.6 Å². The maximum absolute atomic E-state index is 11.8. The molecule has 0 radical (unpaired) electrons. The van der Waals surface area contributed by atoms with Gasteiger partial charge in [0.15, 0.2) is 0 Å². The molecule has 1 aromatic rings. The topological polar surface area (TPSA) is 75.6 Å². The van der Waals surface area contributed by atoms with Gasteiger partial charge in [0, 0.05) is 12.6 Å². The van der Waals surface area contributed by atoms with Crippen LogP contribution in [0.2, 0.25) is 5.02 Å². The van der Waals surface area contributed by atoms with Crippen LogP contribution in [-0.4, -0.2) is 33.3 Å². The minimum absolute atomic E-state index is 0.0411. The number of halogens is 1. The maximum Gasteiger partial charge on any atom is 0.240 e. The largest absolute Gasteiger partial charge is 0.495 e. The summed E-state index contributed by atoms with van der Waals surface area (Å²) in [6.07, 6.45) is -0.751. The smallest absolute Gasteiger partial charge is 0.240 e. The predicted molar refractivity (Wildman–Crippen MR) is 64.9 cm³/mol. The molecule has 0 saturated carbocycles. The van der Waals surface area contributed by atoms with E-state index in [2.05, 4.69) is 4.72 Å². The van der Waals surface area contributed by atoms with E-state index < -0.39 is 16.1 Å². The first-order valence-electron chi connectivity index (χ1n) is 4.88. The highest BCUT2D eigenvalue weighted by Crippen LogP contribution is 2.26. The van der Waals surface area contributed by atoms with Gasteiger partial charge < -0.3 is 9.84 Å². The average molecular weight is 280 g/mol. The van der Waals surface area contributed by atoms with Crippen molar-refractivity contribution in [3.8, 4) is 5.75 Å². The van der Waals surface area contributed by atoms with Gasteiger partial charge in [-0.05, 0) is 19.1 Å². The van der Waals surface area contributed by atoms with Crippen LogP contribution in [0.1, 0.15) is 6.92 Å². The van der Waals surface area contributed by atoms with E-state index >= 15 is 0 Å². The molecule has 5 nitrogen and oxygen atoms in total. The Kier molecular flexibility index (Phi) is 4.76. The molecule has 96 valence electrons. The monoisotopic (exact) mass is 279 g/mol. The van der Waals surface area contributed by atoms with Crippen LogP contribution in [0.15, 0.2) is 23.1 Å². The molecule has 7 heteroatoms. The van der Waals surface area contributed by atoms with Crippen LogP contribution >= 0.6 is 11.6 Å². The highest BCUT2D eigenvalue weighted by atomic mass is 35.5. The molecule has 0 aliphatic rings. The van der Waals surface area contributed by atoms with Crippen LogP contribution < -0.4 is 9.46 Å². The molecule has 0 aromatic heterocycles. The molecule has 0 spiro atoms. The third-order valence-electron chi connectivity index (χ3n) is 2.00. The molecule has 1 atom stereocenters. The van der Waals surface area contributed by atoms with E-state index in [4.69, 9.17) is 21.4 Å². The lowest BCUT2D eigenvalue weighted by molar-refractivity contribution is 0.198. The Balaban J connectivity index is 2.99. The van der Waals surface area contributed by atoms with Gasteiger partial charge in [0.2, 0.25) is 10.0 Å². The van der Waals surface area contributed by atoms with Crippen molar-refractivity contribution < 1.29 is 18.3 Å². The van der Waals surface area contributed by atoms with Crippen LogP contribution in [0.4, 0.5) is 0 Å². The van der Waals surface area contributed by atoms with Gasteiger partial charge in [-0.3, -0.25) is 0 Å². The first-order chi connectivity index (χ1) is 7.86. The Morgan fingerprint density at radius 1 is 1.53 bits per heavy atom. The lowest BCUT2D eigenvalue weighted by Gasteiger charge is -2.10. The SMILES string of the molecule is COc1cc(S(=O)(=O)NC[C@H](C)O)ccc1Cl. The number of nitrogens with one attached hydrogen (secondary N) is 1. The van der Waals surface area contributed by atoms with E-state index in [1.54, 1.807) is 0 Å². The van der Waals surface area contributed by atoms with Gasteiger partial charge >= 0.3 is 0 Å². The Bertz CT molecular complexity index is 487. The summed E-state index contributed by atoms with van der Waals surface area (Å²) in [6.45, 7) is 1.44. The number of methoxy groups -OCH3 is 1. The van der Waals surface area contributed by atoms with Crippen LogP contribution in [0.5, 0.6) is 5.75 Å². The molecule has 0 aliphatic heterocycles. The summed E-state index contributed by atoms with van der Waals surface area (Å²) in [4.78, 5) is 0.0411. The zero-order chi connectivity index (χ0) is 13.1. The van der Waals surface area contributed by atoms with Crippen molar-refractivity contribution in [2.24, 2.45) is 0 Å². The highest BCUT2D eigenvalue weighted by Gasteiger charge is 2.16. The second-order valence-corrected chi connectivity index (χ2v) is 5.67. The summed E-state index contributed by atoms with van der Waals surface area (Å²) < 4.78 is 30.8. The summed E-state index contributed by atoms with van der Waals surface area (Å²) >= 11 is 5.79. The molecule has 17 heavy (non-hydrogen) atoms. The Morgan fingerprint density at radius 2 is 2.18 bits per heavy atom. The molecule has 2 N–H and O–H groups in total. The predicted octanol–water partition coefficient (Wildman–Crippen LogP) is 1.01. The lowest BCUT2D eigenvalue weighted by atomic mass is 10.3. The van der Waals surface area contributed by atoms with Crippen molar-refractivity contribution >= 4 is 21.6 Å². The zero-order valence-corrected chi connectivity index (χ0v) is 11.0. The van der Waals surface area contributed by atoms with E-state index in [-0.39, 0.29) is 17.2 Å². The van der Waals surface area contributed by atoms with Crippen LogP contribution in [-0.2, 0) is 10.0 Å². The van der Waals surface area contributed by atoms with E-state index in [0.717, 1.165) is 0 Å². The van der Waals surface area contributed by atoms with Gasteiger partial charge in [-0.25, -0.2) is 13.1 Å². The van der Waals surface area contributed by atoms with Crippen molar-refractivity contribution in [3.63, 3.8) is 0 Å². The third kappa shape index (κ3) is 3.85. The van der Waals surface area contributed by atoms with Gasteiger partial charge in [-0.15, -0.1) is 0 Å². The maximum atomic E-state index is 11.8. The second kappa shape index (κ2) is 5.68. The molecule has 0 bridgehead atoms. The van der Waals surface area contributed by atoms with Gasteiger partial charge in [-0.2, -0.15) is 0 Å². The summed E-state index contributed by atoms with van der Waals surface area (Å²) in [6, 6.07) is 4.14. The molecule has 0 aliphatic carbocycles. The third-order valence-corrected chi connectivity index (χ3v) is 3.74. The standard InChI is InChI=1S/C10H14ClNO4S/c1-7(13)6-12-17(14,15)8-3-4-9(11)10(5-8)16-2/h3-5,7,12-13H,6H2,1-2H3/t7-/m0/s1. The van der Waals surface area contributed by atoms with Crippen molar-refractivity contribution in [1.29, 1.82) is 0 Å². The fraction of sp³-hybridized carbons (Fsp3) is 0.400. The second-order valence-electron chi connectivity index (χ2n) is 3.50. The number of aliphatic hydroxyl groups is 1. The molecule has 0 fully saturated rings. The van der Waals surface area contributed by atoms with Gasteiger partial charge in [0.25, 0.3) is 0 Å². The fourth-order valence-electron chi connectivity index (χ4n) is 1.12. The number of benzene rings is 1. The Hall–Kier alpha value is -0.820. The molecule has 0 heterocycles. The van der Waals surface area contributed by atoms with Crippen molar-refractivity contribution in [1.82, 2.24) is 4.72 Å². The minimum Gasteiger partial charge on any atom is -0.495 e. The first kappa shape index (κ1) is 14.2. The zero-order valence-electron chi connectivity index (χ0n) is 9.47. The first-order valence-corrected chi connectivity index (χ1v) is 6.74. The number of hydrogen-bond donors (Lipinski definition) is 2. The molecule has 1 aromatic carbocycles.